The van der Waals surface area contributed by atoms with E-state index in [1.165, 1.54) is 0 Å². The summed E-state index contributed by atoms with van der Waals surface area (Å²) >= 11 is 4.40. The molecule has 0 bridgehead atoms. The zero-order chi connectivity index (χ0) is 10.2. The van der Waals surface area contributed by atoms with E-state index in [1.807, 2.05) is 30.3 Å². The summed E-state index contributed by atoms with van der Waals surface area (Å²) < 4.78 is 0. The maximum Gasteiger partial charge on any atom is 0.0902 e. The largest absolute Gasteiger partial charge is 0.385 e. The SMILES string of the molecule is CC(S)C1CC(O)(c2ccccc2)C1. The Labute approximate surface area is 90.6 Å². The van der Waals surface area contributed by atoms with Crippen LogP contribution in [-0.4, -0.2) is 10.4 Å². The van der Waals surface area contributed by atoms with Crippen molar-refractivity contribution in [1.82, 2.24) is 0 Å². The first-order chi connectivity index (χ1) is 6.62. The van der Waals surface area contributed by atoms with Gasteiger partial charge in [-0.25, -0.2) is 0 Å². The van der Waals surface area contributed by atoms with Crippen molar-refractivity contribution in [1.29, 1.82) is 0 Å². The van der Waals surface area contributed by atoms with E-state index in [0.29, 0.717) is 11.2 Å². The van der Waals surface area contributed by atoms with Crippen LogP contribution in [0.3, 0.4) is 0 Å². The summed E-state index contributed by atoms with van der Waals surface area (Å²) in [5.41, 5.74) is 0.466. The molecular formula is C12H16OS. The fraction of sp³-hybridized carbons (Fsp3) is 0.500. The minimum absolute atomic E-state index is 0.388. The fourth-order valence-electron chi connectivity index (χ4n) is 2.13. The summed E-state index contributed by atoms with van der Waals surface area (Å²) in [5.74, 6) is 0.559. The fourth-order valence-corrected chi connectivity index (χ4v) is 2.34. The predicted molar refractivity (Wildman–Crippen MR) is 61.5 cm³/mol. The van der Waals surface area contributed by atoms with E-state index in [9.17, 15) is 5.11 Å². The molecule has 0 amide bonds. The minimum Gasteiger partial charge on any atom is -0.385 e. The summed E-state index contributed by atoms with van der Waals surface area (Å²) in [5, 5.41) is 10.7. The lowest BCUT2D eigenvalue weighted by molar-refractivity contribution is -0.0786. The molecule has 76 valence electrons. The maximum absolute atomic E-state index is 10.3. The van der Waals surface area contributed by atoms with Crippen molar-refractivity contribution >= 4 is 12.6 Å². The van der Waals surface area contributed by atoms with Gasteiger partial charge in [-0.1, -0.05) is 37.3 Å². The number of aliphatic hydroxyl groups is 1. The van der Waals surface area contributed by atoms with Gasteiger partial charge >= 0.3 is 0 Å². The van der Waals surface area contributed by atoms with Crippen LogP contribution in [0.2, 0.25) is 0 Å². The van der Waals surface area contributed by atoms with Crippen LogP contribution in [0.25, 0.3) is 0 Å². The lowest BCUT2D eigenvalue weighted by Crippen LogP contribution is -2.44. The molecule has 0 aromatic heterocycles. The molecule has 2 heteroatoms. The van der Waals surface area contributed by atoms with E-state index in [1.54, 1.807) is 0 Å². The monoisotopic (exact) mass is 208 g/mol. The van der Waals surface area contributed by atoms with E-state index >= 15 is 0 Å². The van der Waals surface area contributed by atoms with Crippen LogP contribution >= 0.6 is 12.6 Å². The molecule has 1 atom stereocenters. The highest BCUT2D eigenvalue weighted by Gasteiger charge is 2.44. The van der Waals surface area contributed by atoms with Crippen molar-refractivity contribution in [2.24, 2.45) is 5.92 Å². The number of rotatable bonds is 2. The van der Waals surface area contributed by atoms with Gasteiger partial charge in [0.25, 0.3) is 0 Å². The molecule has 0 spiro atoms. The molecule has 0 heterocycles. The molecule has 0 aliphatic heterocycles. The van der Waals surface area contributed by atoms with E-state index in [-0.39, 0.29) is 0 Å². The Bertz CT molecular complexity index is 301. The van der Waals surface area contributed by atoms with Crippen molar-refractivity contribution in [3.63, 3.8) is 0 Å². The highest BCUT2D eigenvalue weighted by molar-refractivity contribution is 7.80. The van der Waals surface area contributed by atoms with Gasteiger partial charge < -0.3 is 5.11 Å². The second-order valence-electron chi connectivity index (χ2n) is 4.31. The van der Waals surface area contributed by atoms with Crippen LogP contribution in [0.15, 0.2) is 30.3 Å². The van der Waals surface area contributed by atoms with Crippen LogP contribution in [0.1, 0.15) is 25.3 Å². The van der Waals surface area contributed by atoms with Gasteiger partial charge in [-0.05, 0) is 24.3 Å². The average Bonchev–Trinajstić information content (AvgIpc) is 2.14. The molecule has 2 rings (SSSR count). The molecule has 1 aromatic rings. The second kappa shape index (κ2) is 3.59. The minimum atomic E-state index is -0.580. The molecular weight excluding hydrogens is 192 g/mol. The third kappa shape index (κ3) is 1.69. The Kier molecular flexibility index (Phi) is 2.58. The van der Waals surface area contributed by atoms with Crippen LogP contribution in [0.5, 0.6) is 0 Å². The summed E-state index contributed by atoms with van der Waals surface area (Å²) in [6.45, 7) is 2.10. The molecule has 1 saturated carbocycles. The smallest absolute Gasteiger partial charge is 0.0902 e. The van der Waals surface area contributed by atoms with Crippen molar-refractivity contribution in [3.8, 4) is 0 Å². The molecule has 1 aliphatic carbocycles. The number of hydrogen-bond donors (Lipinski definition) is 2. The van der Waals surface area contributed by atoms with Gasteiger partial charge in [-0.15, -0.1) is 0 Å². The number of hydrogen-bond acceptors (Lipinski definition) is 2. The first kappa shape index (κ1) is 10.1. The van der Waals surface area contributed by atoms with Gasteiger partial charge in [0.05, 0.1) is 5.60 Å². The zero-order valence-corrected chi connectivity index (χ0v) is 9.24. The quantitative estimate of drug-likeness (QED) is 0.716. The molecule has 1 nitrogen and oxygen atoms in total. The first-order valence-corrected chi connectivity index (χ1v) is 5.59. The van der Waals surface area contributed by atoms with Crippen LogP contribution in [-0.2, 0) is 5.60 Å². The topological polar surface area (TPSA) is 20.2 Å². The molecule has 1 aromatic carbocycles. The summed E-state index contributed by atoms with van der Waals surface area (Å²) in [7, 11) is 0. The van der Waals surface area contributed by atoms with Crippen molar-refractivity contribution in [2.75, 3.05) is 0 Å². The Balaban J connectivity index is 2.08. The number of benzene rings is 1. The third-order valence-corrected chi connectivity index (χ3v) is 3.61. The van der Waals surface area contributed by atoms with E-state index in [0.717, 1.165) is 18.4 Å². The predicted octanol–water partition coefficient (Wildman–Crippen LogP) is 2.60. The molecule has 1 unspecified atom stereocenters. The lowest BCUT2D eigenvalue weighted by Gasteiger charge is -2.45. The standard InChI is InChI=1S/C12H16OS/c1-9(14)10-7-12(13,8-10)11-5-3-2-4-6-11/h2-6,9-10,13-14H,7-8H2,1H3. The van der Waals surface area contributed by atoms with E-state index in [2.05, 4.69) is 19.6 Å². The summed E-state index contributed by atoms with van der Waals surface area (Å²) in [4.78, 5) is 0. The lowest BCUT2D eigenvalue weighted by atomic mass is 9.66. The van der Waals surface area contributed by atoms with Gasteiger partial charge in [0.2, 0.25) is 0 Å². The average molecular weight is 208 g/mol. The van der Waals surface area contributed by atoms with Gasteiger partial charge in [0, 0.05) is 5.25 Å². The highest BCUT2D eigenvalue weighted by Crippen LogP contribution is 2.47. The van der Waals surface area contributed by atoms with Crippen molar-refractivity contribution in [3.05, 3.63) is 35.9 Å². The van der Waals surface area contributed by atoms with Gasteiger partial charge in [0.15, 0.2) is 0 Å². The summed E-state index contributed by atoms with van der Waals surface area (Å²) in [6.07, 6.45) is 1.70. The van der Waals surface area contributed by atoms with Crippen molar-refractivity contribution in [2.45, 2.75) is 30.6 Å². The first-order valence-electron chi connectivity index (χ1n) is 5.08. The molecule has 1 fully saturated rings. The van der Waals surface area contributed by atoms with Crippen LogP contribution in [0, 0.1) is 5.92 Å². The maximum atomic E-state index is 10.3. The normalized spacial score (nSPS) is 33.5. The van der Waals surface area contributed by atoms with Crippen LogP contribution in [0.4, 0.5) is 0 Å². The molecule has 0 radical (unpaired) electrons. The Morgan fingerprint density at radius 2 is 1.93 bits per heavy atom. The molecule has 1 N–H and O–H groups in total. The van der Waals surface area contributed by atoms with Gasteiger partial charge in [0.1, 0.15) is 0 Å². The van der Waals surface area contributed by atoms with E-state index < -0.39 is 5.60 Å². The Hall–Kier alpha value is -0.470. The summed E-state index contributed by atoms with van der Waals surface area (Å²) in [6, 6.07) is 9.93. The van der Waals surface area contributed by atoms with E-state index in [4.69, 9.17) is 0 Å². The molecule has 0 saturated heterocycles. The van der Waals surface area contributed by atoms with Gasteiger partial charge in [-0.3, -0.25) is 0 Å². The van der Waals surface area contributed by atoms with Crippen molar-refractivity contribution < 1.29 is 5.11 Å². The second-order valence-corrected chi connectivity index (χ2v) is 5.12. The Morgan fingerprint density at radius 3 is 2.43 bits per heavy atom. The third-order valence-electron chi connectivity index (χ3n) is 3.19. The molecule has 1 aliphatic rings. The van der Waals surface area contributed by atoms with Crippen LogP contribution < -0.4 is 0 Å². The Morgan fingerprint density at radius 1 is 1.36 bits per heavy atom. The zero-order valence-electron chi connectivity index (χ0n) is 8.35. The molecule has 14 heavy (non-hydrogen) atoms. The van der Waals surface area contributed by atoms with Gasteiger partial charge in [-0.2, -0.15) is 12.6 Å². The highest BCUT2D eigenvalue weighted by atomic mass is 32.1. The number of thiol groups is 1.